The minimum absolute atomic E-state index is 0.0351. The van der Waals surface area contributed by atoms with Crippen molar-refractivity contribution in [3.8, 4) is 0 Å². The van der Waals surface area contributed by atoms with Crippen molar-refractivity contribution in [2.24, 2.45) is 11.8 Å². The summed E-state index contributed by atoms with van der Waals surface area (Å²) in [6.07, 6.45) is -1.20. The van der Waals surface area contributed by atoms with Gasteiger partial charge in [0.1, 0.15) is 29.8 Å². The average Bonchev–Trinajstić information content (AvgIpc) is 3.04. The van der Waals surface area contributed by atoms with Gasteiger partial charge >= 0.3 is 11.9 Å². The van der Waals surface area contributed by atoms with E-state index in [1.165, 1.54) is 6.92 Å². The zero-order valence-electron chi connectivity index (χ0n) is 13.5. The van der Waals surface area contributed by atoms with Crippen LogP contribution in [0.2, 0.25) is 0 Å². The van der Waals surface area contributed by atoms with Crippen molar-refractivity contribution in [2.45, 2.75) is 37.6 Å². The van der Waals surface area contributed by atoms with E-state index in [0.29, 0.717) is 0 Å². The Morgan fingerprint density at radius 2 is 2.12 bits per heavy atom. The predicted molar refractivity (Wildman–Crippen MR) is 80.9 cm³/mol. The van der Waals surface area contributed by atoms with Crippen molar-refractivity contribution in [1.29, 1.82) is 0 Å². The third-order valence-electron chi connectivity index (χ3n) is 4.85. The number of carbonyl (C=O) groups is 3. The molecule has 5 unspecified atom stereocenters. The zero-order chi connectivity index (χ0) is 18.6. The quantitative estimate of drug-likeness (QED) is 0.376. The molecule has 3 fully saturated rings. The van der Waals surface area contributed by atoms with E-state index in [1.807, 2.05) is 0 Å². The molecule has 0 spiro atoms. The lowest BCUT2D eigenvalue weighted by atomic mass is 9.77. The summed E-state index contributed by atoms with van der Waals surface area (Å²) in [6.45, 7) is 4.50. The van der Waals surface area contributed by atoms with Crippen LogP contribution in [0.25, 0.3) is 0 Å². The van der Waals surface area contributed by atoms with E-state index in [4.69, 9.17) is 18.8 Å². The Labute approximate surface area is 144 Å². The molecule has 3 rings (SSSR count). The molecule has 10 heteroatoms. The van der Waals surface area contributed by atoms with Crippen LogP contribution in [-0.2, 0) is 38.7 Å². The third kappa shape index (κ3) is 3.09. The molecule has 0 aromatic carbocycles. The Balaban J connectivity index is 1.70. The molecule has 25 heavy (non-hydrogen) atoms. The summed E-state index contributed by atoms with van der Waals surface area (Å²) in [5.41, 5.74) is -0.873. The Bertz CT molecular complexity index is 755. The lowest BCUT2D eigenvalue weighted by Crippen LogP contribution is -2.46. The molecule has 2 aliphatic heterocycles. The van der Waals surface area contributed by atoms with Crippen LogP contribution in [0.3, 0.4) is 0 Å². The summed E-state index contributed by atoms with van der Waals surface area (Å²) in [7, 11) is -4.25. The first-order valence-corrected chi connectivity index (χ1v) is 9.34. The fourth-order valence-corrected chi connectivity index (χ4v) is 4.16. The highest BCUT2D eigenvalue weighted by molar-refractivity contribution is 7.85. The van der Waals surface area contributed by atoms with Gasteiger partial charge in [0.15, 0.2) is 0 Å². The molecular formula is C15H18O9S. The summed E-state index contributed by atoms with van der Waals surface area (Å²) in [6, 6.07) is 0. The van der Waals surface area contributed by atoms with E-state index in [9.17, 15) is 22.8 Å². The van der Waals surface area contributed by atoms with Gasteiger partial charge in [-0.3, -0.25) is 14.1 Å². The number of fused-ring (bicyclic) bond motifs is 1. The fourth-order valence-electron chi connectivity index (χ4n) is 3.86. The molecule has 2 saturated heterocycles. The second-order valence-corrected chi connectivity index (χ2v) is 8.25. The Hall–Kier alpha value is -1.78. The van der Waals surface area contributed by atoms with Crippen LogP contribution in [0.15, 0.2) is 12.2 Å². The SMILES string of the molecule is C=C(C)C(=O)OC12CC(=O)C3C(C(=O)OCCS(=O)(=O)O)C(C1)OC32. The topological polar surface area (TPSA) is 133 Å². The Morgan fingerprint density at radius 1 is 1.44 bits per heavy atom. The minimum Gasteiger partial charge on any atom is -0.464 e. The molecule has 138 valence electrons. The highest BCUT2D eigenvalue weighted by atomic mass is 32.2. The van der Waals surface area contributed by atoms with Gasteiger partial charge in [-0.1, -0.05) is 6.58 Å². The van der Waals surface area contributed by atoms with Crippen molar-refractivity contribution < 1.29 is 41.6 Å². The minimum atomic E-state index is -4.25. The van der Waals surface area contributed by atoms with Gasteiger partial charge in [0.25, 0.3) is 10.1 Å². The number of hydrogen-bond acceptors (Lipinski definition) is 8. The maximum atomic E-state index is 12.4. The lowest BCUT2D eigenvalue weighted by molar-refractivity contribution is -0.159. The van der Waals surface area contributed by atoms with Crippen LogP contribution in [0.1, 0.15) is 19.8 Å². The number of carbonyl (C=O) groups excluding carboxylic acids is 3. The molecule has 1 N–H and O–H groups in total. The lowest BCUT2D eigenvalue weighted by Gasteiger charge is -2.31. The van der Waals surface area contributed by atoms with E-state index in [0.717, 1.165) is 0 Å². The van der Waals surface area contributed by atoms with E-state index in [2.05, 4.69) is 6.58 Å². The second-order valence-electron chi connectivity index (χ2n) is 6.68. The molecule has 0 aromatic rings. The van der Waals surface area contributed by atoms with Gasteiger partial charge < -0.3 is 14.2 Å². The average molecular weight is 374 g/mol. The maximum Gasteiger partial charge on any atom is 0.333 e. The van der Waals surface area contributed by atoms with Crippen LogP contribution in [-0.4, -0.2) is 60.9 Å². The molecule has 2 bridgehead atoms. The van der Waals surface area contributed by atoms with Gasteiger partial charge in [0, 0.05) is 18.4 Å². The van der Waals surface area contributed by atoms with Gasteiger partial charge in [0.2, 0.25) is 0 Å². The largest absolute Gasteiger partial charge is 0.464 e. The standard InChI is InChI=1S/C15H18O9S/c1-7(2)13(17)24-15-5-8(16)10-11(9(6-15)23-12(10)15)14(18)22-3-4-25(19,20)21/h9-12H,1,3-6H2,2H3,(H,19,20,21). The van der Waals surface area contributed by atoms with Crippen molar-refractivity contribution in [3.05, 3.63) is 12.2 Å². The van der Waals surface area contributed by atoms with E-state index in [1.54, 1.807) is 0 Å². The Morgan fingerprint density at radius 3 is 2.72 bits per heavy atom. The van der Waals surface area contributed by atoms with Gasteiger partial charge in [-0.2, -0.15) is 8.42 Å². The molecule has 5 atom stereocenters. The molecule has 1 aliphatic carbocycles. The van der Waals surface area contributed by atoms with Crippen molar-refractivity contribution in [1.82, 2.24) is 0 Å². The molecular weight excluding hydrogens is 356 g/mol. The number of hydrogen-bond donors (Lipinski definition) is 1. The molecule has 9 nitrogen and oxygen atoms in total. The van der Waals surface area contributed by atoms with E-state index in [-0.39, 0.29) is 24.2 Å². The molecule has 1 saturated carbocycles. The first-order valence-electron chi connectivity index (χ1n) is 7.73. The summed E-state index contributed by atoms with van der Waals surface area (Å²) in [5, 5.41) is 0. The number of ether oxygens (including phenoxy) is 3. The molecule has 3 aliphatic rings. The highest BCUT2D eigenvalue weighted by Gasteiger charge is 2.72. The normalized spacial score (nSPS) is 35.7. The van der Waals surface area contributed by atoms with Crippen LogP contribution < -0.4 is 0 Å². The van der Waals surface area contributed by atoms with E-state index < -0.39 is 64.1 Å². The van der Waals surface area contributed by atoms with Gasteiger partial charge in [-0.05, 0) is 6.92 Å². The number of rotatable bonds is 6. The molecule has 0 aromatic heterocycles. The van der Waals surface area contributed by atoms with Crippen LogP contribution >= 0.6 is 0 Å². The highest BCUT2D eigenvalue weighted by Crippen LogP contribution is 2.58. The second kappa shape index (κ2) is 5.89. The first-order chi connectivity index (χ1) is 11.5. The van der Waals surface area contributed by atoms with Crippen molar-refractivity contribution >= 4 is 27.8 Å². The smallest absolute Gasteiger partial charge is 0.333 e. The van der Waals surface area contributed by atoms with Gasteiger partial charge in [-0.25, -0.2) is 4.79 Å². The predicted octanol–water partition coefficient (Wildman–Crippen LogP) is -0.348. The van der Waals surface area contributed by atoms with Gasteiger partial charge in [0.05, 0.1) is 17.9 Å². The Kier molecular flexibility index (Phi) is 4.25. The number of ketones is 1. The van der Waals surface area contributed by atoms with Crippen molar-refractivity contribution in [3.63, 3.8) is 0 Å². The fraction of sp³-hybridized carbons (Fsp3) is 0.667. The van der Waals surface area contributed by atoms with Crippen LogP contribution in [0.4, 0.5) is 0 Å². The van der Waals surface area contributed by atoms with Crippen LogP contribution in [0.5, 0.6) is 0 Å². The first kappa shape index (κ1) is 18.0. The van der Waals surface area contributed by atoms with Crippen molar-refractivity contribution in [2.75, 3.05) is 12.4 Å². The molecule has 0 radical (unpaired) electrons. The van der Waals surface area contributed by atoms with Crippen LogP contribution in [0, 0.1) is 11.8 Å². The molecule has 0 amide bonds. The maximum absolute atomic E-state index is 12.4. The van der Waals surface area contributed by atoms with Gasteiger partial charge in [-0.15, -0.1) is 0 Å². The summed E-state index contributed by atoms with van der Waals surface area (Å²) in [5.74, 6) is -3.99. The summed E-state index contributed by atoms with van der Waals surface area (Å²) < 4.78 is 46.0. The third-order valence-corrected chi connectivity index (χ3v) is 5.53. The summed E-state index contributed by atoms with van der Waals surface area (Å²) in [4.78, 5) is 36.5. The summed E-state index contributed by atoms with van der Waals surface area (Å²) >= 11 is 0. The monoisotopic (exact) mass is 374 g/mol. The zero-order valence-corrected chi connectivity index (χ0v) is 14.3. The number of esters is 2. The molecule has 2 heterocycles. The number of Topliss-reactive ketones (excluding diaryl/α,β-unsaturated/α-hetero) is 1. The van der Waals surface area contributed by atoms with E-state index >= 15 is 0 Å².